The summed E-state index contributed by atoms with van der Waals surface area (Å²) < 4.78 is 5.04. The summed E-state index contributed by atoms with van der Waals surface area (Å²) >= 11 is 1.38. The Morgan fingerprint density at radius 2 is 2.25 bits per heavy atom. The first-order valence-corrected chi connectivity index (χ1v) is 7.72. The number of thiazole rings is 1. The quantitative estimate of drug-likeness (QED) is 0.828. The number of nitrogens with one attached hydrogen (secondary N) is 1. The van der Waals surface area contributed by atoms with E-state index in [-0.39, 0.29) is 11.8 Å². The summed E-state index contributed by atoms with van der Waals surface area (Å²) in [4.78, 5) is 19.1. The largest absolute Gasteiger partial charge is 0.384 e. The molecule has 1 fully saturated rings. The van der Waals surface area contributed by atoms with Crippen molar-refractivity contribution in [3.63, 3.8) is 0 Å². The molecule has 1 aliphatic heterocycles. The first-order valence-electron chi connectivity index (χ1n) is 6.90. The lowest BCUT2D eigenvalue weighted by Crippen LogP contribution is -2.29. The number of carbonyl (C=O) groups excluding carboxylic acids is 1. The highest BCUT2D eigenvalue weighted by Crippen LogP contribution is 2.30. The van der Waals surface area contributed by atoms with Gasteiger partial charge in [0.15, 0.2) is 5.13 Å². The molecule has 0 aliphatic carbocycles. The number of hydrogen-bond acceptors (Lipinski definition) is 6. The molecule has 0 aromatic carbocycles. The Bertz CT molecular complexity index is 457. The molecule has 3 N–H and O–H groups in total. The summed E-state index contributed by atoms with van der Waals surface area (Å²) in [7, 11) is 1.65. The van der Waals surface area contributed by atoms with E-state index in [0.29, 0.717) is 23.8 Å². The van der Waals surface area contributed by atoms with E-state index in [9.17, 15) is 4.79 Å². The molecule has 1 aromatic heterocycles. The van der Waals surface area contributed by atoms with Crippen LogP contribution in [0.1, 0.15) is 29.4 Å². The van der Waals surface area contributed by atoms with Gasteiger partial charge in [-0.05, 0) is 18.8 Å². The lowest BCUT2D eigenvalue weighted by Gasteiger charge is -2.12. The smallest absolute Gasteiger partial charge is 0.265 e. The Kier molecular flexibility index (Phi) is 5.19. The van der Waals surface area contributed by atoms with Crippen LogP contribution in [0.4, 0.5) is 10.9 Å². The Hall–Kier alpha value is -1.34. The zero-order valence-corrected chi connectivity index (χ0v) is 12.8. The van der Waals surface area contributed by atoms with E-state index >= 15 is 0 Å². The van der Waals surface area contributed by atoms with Gasteiger partial charge in [0.25, 0.3) is 5.91 Å². The summed E-state index contributed by atoms with van der Waals surface area (Å²) in [5, 5.41) is 3.74. The van der Waals surface area contributed by atoms with Gasteiger partial charge in [0, 0.05) is 26.7 Å². The number of methoxy groups -OCH3 is 1. The third-order valence-corrected chi connectivity index (χ3v) is 4.42. The van der Waals surface area contributed by atoms with Gasteiger partial charge in [-0.25, -0.2) is 4.98 Å². The van der Waals surface area contributed by atoms with Crippen molar-refractivity contribution in [2.75, 3.05) is 44.0 Å². The molecule has 1 aromatic rings. The van der Waals surface area contributed by atoms with Crippen LogP contribution in [0.3, 0.4) is 0 Å². The molecule has 20 heavy (non-hydrogen) atoms. The SMILES string of the molecule is COCC(C)CNC(=O)c1sc(N2CCCC2)nc1N. The van der Waals surface area contributed by atoms with E-state index in [1.165, 1.54) is 24.2 Å². The highest BCUT2D eigenvalue weighted by molar-refractivity contribution is 7.18. The van der Waals surface area contributed by atoms with Crippen LogP contribution in [0.25, 0.3) is 0 Å². The first-order chi connectivity index (χ1) is 9.61. The molecule has 0 spiro atoms. The van der Waals surface area contributed by atoms with E-state index in [1.807, 2.05) is 6.92 Å². The Balaban J connectivity index is 1.95. The highest BCUT2D eigenvalue weighted by Gasteiger charge is 2.21. The number of rotatable bonds is 6. The number of aromatic nitrogens is 1. The Morgan fingerprint density at radius 1 is 1.55 bits per heavy atom. The second-order valence-electron chi connectivity index (χ2n) is 5.18. The molecule has 0 radical (unpaired) electrons. The van der Waals surface area contributed by atoms with Gasteiger partial charge in [-0.1, -0.05) is 18.3 Å². The van der Waals surface area contributed by atoms with Crippen molar-refractivity contribution in [2.24, 2.45) is 5.92 Å². The number of amides is 1. The predicted molar refractivity (Wildman–Crippen MR) is 81.3 cm³/mol. The molecule has 2 rings (SSSR count). The van der Waals surface area contributed by atoms with Crippen molar-refractivity contribution < 1.29 is 9.53 Å². The topological polar surface area (TPSA) is 80.5 Å². The van der Waals surface area contributed by atoms with Gasteiger partial charge >= 0.3 is 0 Å². The number of hydrogen-bond donors (Lipinski definition) is 2. The van der Waals surface area contributed by atoms with Crippen molar-refractivity contribution >= 4 is 28.2 Å². The fraction of sp³-hybridized carbons (Fsp3) is 0.692. The molecule has 1 aliphatic rings. The summed E-state index contributed by atoms with van der Waals surface area (Å²) in [5.74, 6) is 0.457. The molecule has 0 saturated carbocycles. The minimum absolute atomic E-state index is 0.145. The van der Waals surface area contributed by atoms with Gasteiger partial charge in [0.2, 0.25) is 0 Å². The number of nitrogens with two attached hydrogens (primary N) is 1. The molecule has 1 amide bonds. The first kappa shape index (κ1) is 15.1. The molecule has 1 saturated heterocycles. The average molecular weight is 298 g/mol. The van der Waals surface area contributed by atoms with Crippen LogP contribution >= 0.6 is 11.3 Å². The third-order valence-electron chi connectivity index (χ3n) is 3.29. The molecule has 2 heterocycles. The van der Waals surface area contributed by atoms with Gasteiger partial charge in [0.1, 0.15) is 10.7 Å². The number of carbonyl (C=O) groups is 1. The third kappa shape index (κ3) is 3.61. The van der Waals surface area contributed by atoms with Crippen LogP contribution in [0, 0.1) is 5.92 Å². The Labute approximate surface area is 123 Å². The van der Waals surface area contributed by atoms with E-state index in [2.05, 4.69) is 15.2 Å². The maximum absolute atomic E-state index is 12.1. The van der Waals surface area contributed by atoms with E-state index in [1.54, 1.807) is 7.11 Å². The normalized spacial score (nSPS) is 16.4. The fourth-order valence-corrected chi connectivity index (χ4v) is 3.17. The van der Waals surface area contributed by atoms with E-state index in [0.717, 1.165) is 18.2 Å². The van der Waals surface area contributed by atoms with Crippen molar-refractivity contribution in [2.45, 2.75) is 19.8 Å². The highest BCUT2D eigenvalue weighted by atomic mass is 32.1. The standard InChI is InChI=1S/C13H22N4O2S/c1-9(8-19-2)7-15-12(18)10-11(14)16-13(20-10)17-5-3-4-6-17/h9H,3-8,14H2,1-2H3,(H,15,18). The Morgan fingerprint density at radius 3 is 2.90 bits per heavy atom. The second-order valence-corrected chi connectivity index (χ2v) is 6.15. The molecule has 0 bridgehead atoms. The van der Waals surface area contributed by atoms with Gasteiger partial charge in [-0.2, -0.15) is 0 Å². The zero-order chi connectivity index (χ0) is 14.5. The van der Waals surface area contributed by atoms with Crippen LogP contribution in [0.2, 0.25) is 0 Å². The maximum atomic E-state index is 12.1. The molecule has 112 valence electrons. The van der Waals surface area contributed by atoms with Crippen LogP contribution < -0.4 is 16.0 Å². The number of nitrogens with zero attached hydrogens (tertiary/aromatic N) is 2. The van der Waals surface area contributed by atoms with Crippen molar-refractivity contribution in [3.05, 3.63) is 4.88 Å². The minimum atomic E-state index is -0.145. The van der Waals surface area contributed by atoms with Gasteiger partial charge in [0.05, 0.1) is 6.61 Å². The lowest BCUT2D eigenvalue weighted by atomic mass is 10.2. The van der Waals surface area contributed by atoms with Crippen molar-refractivity contribution in [1.82, 2.24) is 10.3 Å². The summed E-state index contributed by atoms with van der Waals surface area (Å²) in [6.45, 7) is 5.22. The summed E-state index contributed by atoms with van der Waals surface area (Å²) in [6, 6.07) is 0. The van der Waals surface area contributed by atoms with E-state index < -0.39 is 0 Å². The lowest BCUT2D eigenvalue weighted by molar-refractivity contribution is 0.0939. The van der Waals surface area contributed by atoms with E-state index in [4.69, 9.17) is 10.5 Å². The molecule has 1 atom stereocenters. The van der Waals surface area contributed by atoms with Crippen LogP contribution in [0.5, 0.6) is 0 Å². The second kappa shape index (κ2) is 6.90. The number of ether oxygens (including phenoxy) is 1. The zero-order valence-electron chi connectivity index (χ0n) is 12.0. The summed E-state index contributed by atoms with van der Waals surface area (Å²) in [5.41, 5.74) is 5.86. The average Bonchev–Trinajstić information content (AvgIpc) is 3.05. The monoisotopic (exact) mass is 298 g/mol. The van der Waals surface area contributed by atoms with Gasteiger partial charge < -0.3 is 20.7 Å². The molecule has 1 unspecified atom stereocenters. The maximum Gasteiger partial charge on any atom is 0.265 e. The van der Waals surface area contributed by atoms with Gasteiger partial charge in [-0.3, -0.25) is 4.79 Å². The van der Waals surface area contributed by atoms with Gasteiger partial charge in [-0.15, -0.1) is 0 Å². The molecule has 6 nitrogen and oxygen atoms in total. The van der Waals surface area contributed by atoms with Crippen LogP contribution in [-0.4, -0.2) is 44.2 Å². The molecular weight excluding hydrogens is 276 g/mol. The van der Waals surface area contributed by atoms with Crippen molar-refractivity contribution in [1.29, 1.82) is 0 Å². The number of anilines is 2. The predicted octanol–water partition coefficient (Wildman–Crippen LogP) is 1.34. The van der Waals surface area contributed by atoms with Crippen LogP contribution in [-0.2, 0) is 4.74 Å². The summed E-state index contributed by atoms with van der Waals surface area (Å²) in [6.07, 6.45) is 2.35. The fourth-order valence-electron chi connectivity index (χ4n) is 2.22. The molecular formula is C13H22N4O2S. The number of nitrogen functional groups attached to an aromatic ring is 1. The van der Waals surface area contributed by atoms with Crippen molar-refractivity contribution in [3.8, 4) is 0 Å². The minimum Gasteiger partial charge on any atom is -0.384 e. The molecule has 7 heteroatoms. The van der Waals surface area contributed by atoms with Crippen LogP contribution in [0.15, 0.2) is 0 Å².